The molecule has 7 nitrogen and oxygen atoms in total. The molecule has 1 aromatic carbocycles. The number of halogens is 1. The molecule has 2 aromatic heterocycles. The average molecular weight is 399 g/mol. The van der Waals surface area contributed by atoms with Crippen LogP contribution in [-0.2, 0) is 6.54 Å². The third-order valence-corrected chi connectivity index (χ3v) is 5.49. The van der Waals surface area contributed by atoms with E-state index in [0.717, 1.165) is 31.2 Å². The molecule has 2 N–H and O–H groups in total. The quantitative estimate of drug-likeness (QED) is 0.686. The van der Waals surface area contributed by atoms with Crippen LogP contribution in [0.2, 0.25) is 0 Å². The molecule has 8 heteroatoms. The molecule has 0 spiro atoms. The normalized spacial score (nSPS) is 19.8. The number of fused-ring (bicyclic) bond motifs is 1. The van der Waals surface area contributed by atoms with E-state index in [-0.39, 0.29) is 23.7 Å². The number of nitrogens with one attached hydrogen (secondary N) is 2. The number of nitrogens with zero attached hydrogens (tertiary/aromatic N) is 3. The van der Waals surface area contributed by atoms with Gasteiger partial charge in [0, 0.05) is 17.3 Å². The number of H-pyrrole nitrogens is 1. The van der Waals surface area contributed by atoms with E-state index in [1.54, 1.807) is 12.1 Å². The molecule has 0 bridgehead atoms. The Labute approximate surface area is 168 Å². The van der Waals surface area contributed by atoms with E-state index in [2.05, 4.69) is 20.5 Å². The largest absolute Gasteiger partial charge is 0.424 e. The maximum atomic E-state index is 14.0. The molecular weight excluding hydrogens is 373 g/mol. The van der Waals surface area contributed by atoms with Gasteiger partial charge in [0.25, 0.3) is 5.91 Å². The van der Waals surface area contributed by atoms with Crippen molar-refractivity contribution in [2.24, 2.45) is 0 Å². The third kappa shape index (κ3) is 4.17. The summed E-state index contributed by atoms with van der Waals surface area (Å²) < 4.78 is 19.9. The van der Waals surface area contributed by atoms with Gasteiger partial charge in [-0.1, -0.05) is 12.5 Å². The number of aryl methyl sites for hydroxylation is 1. The molecule has 29 heavy (non-hydrogen) atoms. The van der Waals surface area contributed by atoms with Gasteiger partial charge in [-0.15, -0.1) is 10.2 Å². The summed E-state index contributed by atoms with van der Waals surface area (Å²) in [6, 6.07) is 4.73. The molecule has 1 aliphatic carbocycles. The Morgan fingerprint density at radius 2 is 2.17 bits per heavy atom. The van der Waals surface area contributed by atoms with Crippen LogP contribution in [0, 0.1) is 12.7 Å². The monoisotopic (exact) mass is 399 g/mol. The van der Waals surface area contributed by atoms with E-state index >= 15 is 0 Å². The van der Waals surface area contributed by atoms with Crippen molar-refractivity contribution in [3.8, 4) is 0 Å². The lowest BCUT2D eigenvalue weighted by molar-refractivity contribution is 0.0919. The molecule has 0 saturated heterocycles. The first-order valence-electron chi connectivity index (χ1n) is 9.96. The maximum absolute atomic E-state index is 14.0. The number of hydrogen-bond donors (Lipinski definition) is 2. The van der Waals surface area contributed by atoms with Gasteiger partial charge >= 0.3 is 0 Å². The maximum Gasteiger partial charge on any atom is 0.267 e. The SMILES string of the molecule is Cc1ccc(F)c2cc(C(=O)N[C@@H]3CCC[C@H](c4nnc(CN(C)C)o4)C3)[nH]c12. The summed E-state index contributed by atoms with van der Waals surface area (Å²) in [5.41, 5.74) is 1.94. The van der Waals surface area contributed by atoms with E-state index in [1.165, 1.54) is 6.07 Å². The fourth-order valence-corrected chi connectivity index (χ4v) is 4.02. The molecule has 1 saturated carbocycles. The van der Waals surface area contributed by atoms with E-state index in [1.807, 2.05) is 25.9 Å². The fourth-order valence-electron chi connectivity index (χ4n) is 4.02. The Morgan fingerprint density at radius 3 is 2.93 bits per heavy atom. The van der Waals surface area contributed by atoms with Gasteiger partial charge in [0.1, 0.15) is 11.5 Å². The summed E-state index contributed by atoms with van der Waals surface area (Å²) in [5.74, 6) is 0.837. The molecule has 154 valence electrons. The number of amides is 1. The van der Waals surface area contributed by atoms with Gasteiger partial charge in [0.05, 0.1) is 12.1 Å². The number of benzene rings is 1. The van der Waals surface area contributed by atoms with Gasteiger partial charge in [0.15, 0.2) is 0 Å². The van der Waals surface area contributed by atoms with E-state index in [9.17, 15) is 9.18 Å². The lowest BCUT2D eigenvalue weighted by Gasteiger charge is -2.27. The molecule has 0 unspecified atom stereocenters. The van der Waals surface area contributed by atoms with Gasteiger partial charge in [0.2, 0.25) is 11.8 Å². The number of rotatable bonds is 5. The summed E-state index contributed by atoms with van der Waals surface area (Å²) >= 11 is 0. The van der Waals surface area contributed by atoms with Crippen LogP contribution >= 0.6 is 0 Å². The first-order chi connectivity index (χ1) is 13.9. The van der Waals surface area contributed by atoms with Gasteiger partial charge in [-0.3, -0.25) is 4.79 Å². The highest BCUT2D eigenvalue weighted by Gasteiger charge is 2.29. The summed E-state index contributed by atoms with van der Waals surface area (Å²) in [6.45, 7) is 2.50. The molecule has 1 aliphatic rings. The van der Waals surface area contributed by atoms with Crippen LogP contribution < -0.4 is 5.32 Å². The first kappa shape index (κ1) is 19.6. The minimum Gasteiger partial charge on any atom is -0.424 e. The second-order valence-corrected chi connectivity index (χ2v) is 8.14. The molecule has 2 atom stereocenters. The first-order valence-corrected chi connectivity index (χ1v) is 9.96. The predicted octanol–water partition coefficient (Wildman–Crippen LogP) is 3.52. The van der Waals surface area contributed by atoms with Crippen molar-refractivity contribution in [1.29, 1.82) is 0 Å². The number of carbonyl (C=O) groups excluding carboxylic acids is 1. The van der Waals surface area contributed by atoms with Crippen LogP contribution in [0.25, 0.3) is 10.9 Å². The number of hydrogen-bond acceptors (Lipinski definition) is 5. The number of aromatic amines is 1. The van der Waals surface area contributed by atoms with Gasteiger partial charge < -0.3 is 19.6 Å². The molecular formula is C21H26FN5O2. The minimum atomic E-state index is -0.330. The number of aromatic nitrogens is 3. The van der Waals surface area contributed by atoms with Crippen LogP contribution in [0.3, 0.4) is 0 Å². The van der Waals surface area contributed by atoms with Crippen molar-refractivity contribution >= 4 is 16.8 Å². The molecule has 3 aromatic rings. The van der Waals surface area contributed by atoms with Crippen molar-refractivity contribution in [3.05, 3.63) is 47.1 Å². The van der Waals surface area contributed by atoms with E-state index in [4.69, 9.17) is 4.42 Å². The lowest BCUT2D eigenvalue weighted by atomic mass is 9.85. The van der Waals surface area contributed by atoms with E-state index < -0.39 is 0 Å². The Kier molecular flexibility index (Phi) is 5.36. The summed E-state index contributed by atoms with van der Waals surface area (Å²) in [4.78, 5) is 17.8. The van der Waals surface area contributed by atoms with Crippen LogP contribution in [-0.4, -0.2) is 46.1 Å². The van der Waals surface area contributed by atoms with Crippen molar-refractivity contribution in [2.75, 3.05) is 14.1 Å². The zero-order valence-corrected chi connectivity index (χ0v) is 17.0. The Morgan fingerprint density at radius 1 is 1.34 bits per heavy atom. The molecule has 2 heterocycles. The zero-order chi connectivity index (χ0) is 20.5. The highest BCUT2D eigenvalue weighted by atomic mass is 19.1. The zero-order valence-electron chi connectivity index (χ0n) is 17.0. The topological polar surface area (TPSA) is 87.1 Å². The molecule has 4 rings (SSSR count). The van der Waals surface area contributed by atoms with Gasteiger partial charge in [-0.05, 0) is 58.0 Å². The van der Waals surface area contributed by atoms with Crippen LogP contribution in [0.15, 0.2) is 22.6 Å². The van der Waals surface area contributed by atoms with Crippen molar-refractivity contribution < 1.29 is 13.6 Å². The average Bonchev–Trinajstić information content (AvgIpc) is 3.33. The standard InChI is InChI=1S/C21H26FN5O2/c1-12-7-8-16(22)15-10-17(24-19(12)15)20(28)23-14-6-4-5-13(9-14)21-26-25-18(29-21)11-27(2)3/h7-8,10,13-14,24H,4-6,9,11H2,1-3H3,(H,23,28)/t13-,14+/m0/s1. The molecule has 1 fully saturated rings. The predicted molar refractivity (Wildman–Crippen MR) is 107 cm³/mol. The van der Waals surface area contributed by atoms with Gasteiger partial charge in [-0.2, -0.15) is 0 Å². The van der Waals surface area contributed by atoms with Gasteiger partial charge in [-0.25, -0.2) is 4.39 Å². The number of carbonyl (C=O) groups is 1. The highest BCUT2D eigenvalue weighted by molar-refractivity contribution is 5.99. The van der Waals surface area contributed by atoms with Crippen molar-refractivity contribution in [2.45, 2.75) is 51.1 Å². The summed E-state index contributed by atoms with van der Waals surface area (Å²) in [6.07, 6.45) is 3.59. The smallest absolute Gasteiger partial charge is 0.267 e. The molecule has 0 aliphatic heterocycles. The highest BCUT2D eigenvalue weighted by Crippen LogP contribution is 2.32. The molecule has 0 radical (unpaired) electrons. The second-order valence-electron chi connectivity index (χ2n) is 8.14. The Bertz CT molecular complexity index is 986. The fraction of sp³-hybridized carbons (Fsp3) is 0.476. The third-order valence-electron chi connectivity index (χ3n) is 5.49. The Balaban J connectivity index is 1.44. The van der Waals surface area contributed by atoms with Crippen molar-refractivity contribution in [1.82, 2.24) is 25.4 Å². The van der Waals surface area contributed by atoms with Crippen LogP contribution in [0.1, 0.15) is 59.4 Å². The second kappa shape index (κ2) is 7.94. The van der Waals surface area contributed by atoms with E-state index in [0.29, 0.717) is 34.9 Å². The summed E-state index contributed by atoms with van der Waals surface area (Å²) in [7, 11) is 3.90. The van der Waals surface area contributed by atoms with Crippen molar-refractivity contribution in [3.63, 3.8) is 0 Å². The van der Waals surface area contributed by atoms with Crippen LogP contribution in [0.5, 0.6) is 0 Å². The lowest BCUT2D eigenvalue weighted by Crippen LogP contribution is -2.38. The Hall–Kier alpha value is -2.74. The van der Waals surface area contributed by atoms with Crippen LogP contribution in [0.4, 0.5) is 4.39 Å². The summed E-state index contributed by atoms with van der Waals surface area (Å²) in [5, 5.41) is 11.9. The minimum absolute atomic E-state index is 0.0165. The molecule has 1 amide bonds.